The van der Waals surface area contributed by atoms with Crippen LogP contribution >= 0.6 is 11.8 Å². The minimum absolute atomic E-state index is 0.338. The molecular weight excluding hydrogens is 402 g/mol. The monoisotopic (exact) mass is 437 g/mol. The Kier molecular flexibility index (Phi) is 8.25. The Morgan fingerprint density at radius 1 is 0.968 bits per heavy atom. The van der Waals surface area contributed by atoms with Crippen molar-refractivity contribution in [3.05, 3.63) is 54.1 Å². The number of fused-ring (bicyclic) bond motifs is 2. The molecule has 0 fully saturated rings. The maximum absolute atomic E-state index is 13.1. The number of carbonyl (C=O) groups excluding carboxylic acids is 1. The normalized spacial score (nSPS) is 13.2. The number of hydrogen-bond acceptors (Lipinski definition) is 3. The smallest absolute Gasteiger partial charge is 0.419 e. The third-order valence-electron chi connectivity index (χ3n) is 5.16. The Morgan fingerprint density at radius 2 is 1.68 bits per heavy atom. The number of anilines is 2. The second-order valence-electron chi connectivity index (χ2n) is 9.07. The van der Waals surface area contributed by atoms with Gasteiger partial charge in [-0.2, -0.15) is 0 Å². The van der Waals surface area contributed by atoms with Gasteiger partial charge in [-0.3, -0.25) is 0 Å². The molecule has 1 amide bonds. The van der Waals surface area contributed by atoms with Gasteiger partial charge in [0.15, 0.2) is 0 Å². The molecule has 1 heterocycles. The van der Waals surface area contributed by atoms with E-state index < -0.39 is 5.60 Å². The molecule has 1 aliphatic rings. The van der Waals surface area contributed by atoms with Gasteiger partial charge >= 0.3 is 6.09 Å². The minimum atomic E-state index is -0.550. The van der Waals surface area contributed by atoms with E-state index in [9.17, 15) is 4.79 Å². The number of amides is 1. The lowest BCUT2D eigenvalue weighted by Gasteiger charge is -2.33. The number of nitrogens with zero attached hydrogens (tertiary/aromatic N) is 1. The zero-order chi connectivity index (χ0) is 22.3. The molecule has 4 heteroatoms. The van der Waals surface area contributed by atoms with Gasteiger partial charge in [0.05, 0.1) is 11.4 Å². The van der Waals surface area contributed by atoms with Gasteiger partial charge in [0, 0.05) is 9.79 Å². The highest BCUT2D eigenvalue weighted by molar-refractivity contribution is 7.99. The molecule has 0 spiro atoms. The van der Waals surface area contributed by atoms with E-state index in [0.717, 1.165) is 33.2 Å². The molecule has 0 atom stereocenters. The van der Waals surface area contributed by atoms with Gasteiger partial charge in [-0.15, -0.1) is 0 Å². The summed E-state index contributed by atoms with van der Waals surface area (Å²) in [6, 6.07) is 14.3. The first kappa shape index (κ1) is 23.5. The largest absolute Gasteiger partial charge is 0.443 e. The van der Waals surface area contributed by atoms with Crippen molar-refractivity contribution in [2.45, 2.75) is 88.0 Å². The van der Waals surface area contributed by atoms with E-state index in [0.29, 0.717) is 0 Å². The molecule has 0 aliphatic carbocycles. The summed E-state index contributed by atoms with van der Waals surface area (Å²) in [5.41, 5.74) is 2.33. The molecule has 0 N–H and O–H groups in total. The van der Waals surface area contributed by atoms with Crippen LogP contribution in [0.4, 0.5) is 16.2 Å². The van der Waals surface area contributed by atoms with Gasteiger partial charge < -0.3 is 4.74 Å². The Labute approximate surface area is 191 Å². The maximum atomic E-state index is 13.1. The molecule has 1 aliphatic heterocycles. The predicted molar refractivity (Wildman–Crippen MR) is 132 cm³/mol. The number of para-hydroxylation sites is 1. The fourth-order valence-electron chi connectivity index (χ4n) is 3.64. The average Bonchev–Trinajstić information content (AvgIpc) is 2.72. The van der Waals surface area contributed by atoms with Crippen LogP contribution in [-0.4, -0.2) is 11.7 Å². The van der Waals surface area contributed by atoms with E-state index in [1.807, 2.05) is 39.0 Å². The zero-order valence-corrected chi connectivity index (χ0v) is 20.1. The van der Waals surface area contributed by atoms with Crippen LogP contribution in [0.15, 0.2) is 58.3 Å². The van der Waals surface area contributed by atoms with Crippen LogP contribution in [0.5, 0.6) is 0 Å². The number of carbonyl (C=O) groups is 1. The van der Waals surface area contributed by atoms with Crippen molar-refractivity contribution < 1.29 is 9.53 Å². The Bertz CT molecular complexity index is 914. The Balaban J connectivity index is 1.75. The van der Waals surface area contributed by atoms with Crippen molar-refractivity contribution in [3.8, 4) is 0 Å². The van der Waals surface area contributed by atoms with Gasteiger partial charge in [0.2, 0.25) is 0 Å². The van der Waals surface area contributed by atoms with E-state index in [1.54, 1.807) is 16.7 Å². The zero-order valence-electron chi connectivity index (χ0n) is 19.3. The van der Waals surface area contributed by atoms with Gasteiger partial charge in [-0.05, 0) is 63.4 Å². The van der Waals surface area contributed by atoms with Crippen LogP contribution in [0.2, 0.25) is 0 Å². The highest BCUT2D eigenvalue weighted by atomic mass is 32.2. The second kappa shape index (κ2) is 10.9. The first-order valence-electron chi connectivity index (χ1n) is 11.5. The molecule has 2 aromatic carbocycles. The SMILES string of the molecule is CCCCCCCC/C=C/c1ccc2c(c1)N(C(=O)OC(C)(C)C)c1ccccc1S2. The molecule has 166 valence electrons. The number of ether oxygens (including phenoxy) is 1. The van der Waals surface area contributed by atoms with Crippen molar-refractivity contribution in [2.24, 2.45) is 0 Å². The summed E-state index contributed by atoms with van der Waals surface area (Å²) in [6.45, 7) is 7.95. The van der Waals surface area contributed by atoms with Crippen LogP contribution in [0.1, 0.15) is 78.2 Å². The third-order valence-corrected chi connectivity index (χ3v) is 6.29. The average molecular weight is 438 g/mol. The highest BCUT2D eigenvalue weighted by Gasteiger charge is 2.31. The summed E-state index contributed by atoms with van der Waals surface area (Å²) in [5.74, 6) is 0. The standard InChI is InChI=1S/C27H35NO2S/c1-5-6-7-8-9-10-11-12-15-21-18-19-25-23(20-21)28(26(29)30-27(2,3)4)22-16-13-14-17-24(22)31-25/h12-20H,5-11H2,1-4H3/b15-12+. The summed E-state index contributed by atoms with van der Waals surface area (Å²) in [4.78, 5) is 17.0. The number of unbranched alkanes of at least 4 members (excludes halogenated alkanes) is 6. The van der Waals surface area contributed by atoms with Crippen molar-refractivity contribution in [2.75, 3.05) is 4.90 Å². The lowest BCUT2D eigenvalue weighted by Crippen LogP contribution is -2.35. The van der Waals surface area contributed by atoms with E-state index in [2.05, 4.69) is 43.3 Å². The van der Waals surface area contributed by atoms with Crippen molar-refractivity contribution >= 4 is 35.3 Å². The predicted octanol–water partition coefficient (Wildman–Crippen LogP) is 8.99. The lowest BCUT2D eigenvalue weighted by atomic mass is 10.1. The summed E-state index contributed by atoms with van der Waals surface area (Å²) >= 11 is 1.70. The van der Waals surface area contributed by atoms with Gasteiger partial charge in [-0.1, -0.05) is 81.1 Å². The molecule has 0 saturated heterocycles. The number of benzene rings is 2. The fraction of sp³-hybridized carbons (Fsp3) is 0.444. The summed E-state index contributed by atoms with van der Waals surface area (Å²) in [6.07, 6.45) is 13.0. The molecule has 0 bridgehead atoms. The topological polar surface area (TPSA) is 29.5 Å². The van der Waals surface area contributed by atoms with Gasteiger partial charge in [0.1, 0.15) is 5.60 Å². The molecule has 0 radical (unpaired) electrons. The van der Waals surface area contributed by atoms with E-state index in [4.69, 9.17) is 4.74 Å². The number of allylic oxidation sites excluding steroid dienone is 1. The Morgan fingerprint density at radius 3 is 2.45 bits per heavy atom. The molecule has 31 heavy (non-hydrogen) atoms. The highest BCUT2D eigenvalue weighted by Crippen LogP contribution is 2.48. The first-order chi connectivity index (χ1) is 14.9. The summed E-state index contributed by atoms with van der Waals surface area (Å²) < 4.78 is 5.74. The van der Waals surface area contributed by atoms with Crippen LogP contribution in [0.25, 0.3) is 6.08 Å². The van der Waals surface area contributed by atoms with Gasteiger partial charge in [-0.25, -0.2) is 9.69 Å². The van der Waals surface area contributed by atoms with Crippen molar-refractivity contribution in [1.29, 1.82) is 0 Å². The molecule has 0 unspecified atom stereocenters. The Hall–Kier alpha value is -2.20. The summed E-state index contributed by atoms with van der Waals surface area (Å²) in [5, 5.41) is 0. The van der Waals surface area contributed by atoms with Crippen LogP contribution in [0, 0.1) is 0 Å². The van der Waals surface area contributed by atoms with Crippen LogP contribution in [0.3, 0.4) is 0 Å². The first-order valence-corrected chi connectivity index (χ1v) is 12.3. The minimum Gasteiger partial charge on any atom is -0.443 e. The molecule has 3 nitrogen and oxygen atoms in total. The van der Waals surface area contributed by atoms with E-state index >= 15 is 0 Å². The molecule has 0 aromatic heterocycles. The third kappa shape index (κ3) is 6.64. The van der Waals surface area contributed by atoms with E-state index in [-0.39, 0.29) is 6.09 Å². The molecule has 2 aromatic rings. The number of hydrogen-bond donors (Lipinski definition) is 0. The summed E-state index contributed by atoms with van der Waals surface area (Å²) in [7, 11) is 0. The van der Waals surface area contributed by atoms with Crippen LogP contribution in [-0.2, 0) is 4.74 Å². The van der Waals surface area contributed by atoms with Crippen molar-refractivity contribution in [3.63, 3.8) is 0 Å². The maximum Gasteiger partial charge on any atom is 0.419 e. The molecular formula is C27H35NO2S. The fourth-order valence-corrected chi connectivity index (χ4v) is 4.68. The second-order valence-corrected chi connectivity index (χ2v) is 10.2. The van der Waals surface area contributed by atoms with Gasteiger partial charge in [0.25, 0.3) is 0 Å². The van der Waals surface area contributed by atoms with Crippen molar-refractivity contribution in [1.82, 2.24) is 0 Å². The van der Waals surface area contributed by atoms with Crippen LogP contribution < -0.4 is 4.90 Å². The quantitative estimate of drug-likeness (QED) is 0.386. The molecule has 3 rings (SSSR count). The number of rotatable bonds is 8. The van der Waals surface area contributed by atoms with E-state index in [1.165, 1.54) is 38.5 Å². The lowest BCUT2D eigenvalue weighted by molar-refractivity contribution is 0.0597. The molecule has 0 saturated carbocycles.